The molecule has 0 spiro atoms. The van der Waals surface area contributed by atoms with E-state index in [1.165, 1.54) is 10.4 Å². The number of nitrogens with one attached hydrogen (secondary N) is 1. The average molecular weight is 350 g/mol. The van der Waals surface area contributed by atoms with Crippen LogP contribution in [-0.2, 0) is 0 Å². The van der Waals surface area contributed by atoms with Gasteiger partial charge in [-0.15, -0.1) is 11.3 Å². The van der Waals surface area contributed by atoms with E-state index >= 15 is 0 Å². The summed E-state index contributed by atoms with van der Waals surface area (Å²) in [5.74, 6) is 0.968. The van der Waals surface area contributed by atoms with Crippen LogP contribution in [0.15, 0.2) is 44.6 Å². The van der Waals surface area contributed by atoms with Crippen molar-refractivity contribution in [3.05, 3.63) is 56.4 Å². The fourth-order valence-electron chi connectivity index (χ4n) is 2.45. The highest BCUT2D eigenvalue weighted by atomic mass is 79.9. The summed E-state index contributed by atoms with van der Waals surface area (Å²) in [6.45, 7) is 5.17. The number of halogens is 1. The van der Waals surface area contributed by atoms with Gasteiger partial charge in [0, 0.05) is 10.3 Å². The first kappa shape index (κ1) is 13.9. The zero-order chi connectivity index (χ0) is 14.1. The molecule has 0 amide bonds. The van der Waals surface area contributed by atoms with E-state index in [1.54, 1.807) is 11.3 Å². The lowest BCUT2D eigenvalue weighted by molar-refractivity contribution is 0.476. The van der Waals surface area contributed by atoms with E-state index in [9.17, 15) is 0 Å². The highest BCUT2D eigenvalue weighted by Gasteiger charge is 2.20. The van der Waals surface area contributed by atoms with Crippen molar-refractivity contribution >= 4 is 38.2 Å². The Labute approximate surface area is 130 Å². The van der Waals surface area contributed by atoms with Crippen LogP contribution >= 0.6 is 27.3 Å². The molecule has 0 aliphatic heterocycles. The zero-order valence-corrected chi connectivity index (χ0v) is 13.8. The Bertz CT molecular complexity index is 731. The Balaban J connectivity index is 2.10. The summed E-state index contributed by atoms with van der Waals surface area (Å²) in [6.07, 6.45) is 0. The molecule has 3 rings (SSSR count). The molecule has 1 unspecified atom stereocenters. The van der Waals surface area contributed by atoms with E-state index < -0.39 is 0 Å². The molecule has 0 radical (unpaired) electrons. The van der Waals surface area contributed by atoms with Gasteiger partial charge in [0.05, 0.1) is 10.5 Å². The third kappa shape index (κ3) is 2.43. The van der Waals surface area contributed by atoms with E-state index in [2.05, 4.69) is 58.7 Å². The van der Waals surface area contributed by atoms with Crippen LogP contribution in [0.1, 0.15) is 29.2 Å². The molecular weight excluding hydrogens is 334 g/mol. The molecule has 4 heteroatoms. The molecule has 20 heavy (non-hydrogen) atoms. The maximum absolute atomic E-state index is 6.09. The number of thiophene rings is 1. The summed E-state index contributed by atoms with van der Waals surface area (Å²) in [6, 6.07) is 10.5. The highest BCUT2D eigenvalue weighted by Crippen LogP contribution is 2.34. The molecule has 1 N–H and O–H groups in total. The monoisotopic (exact) mass is 349 g/mol. The SMILES string of the molecule is CCNC(c1cc2cccc(Br)c2o1)c1ccsc1C. The molecule has 0 fully saturated rings. The van der Waals surface area contributed by atoms with Crippen LogP contribution in [0.4, 0.5) is 0 Å². The Kier molecular flexibility index (Phi) is 3.96. The fraction of sp³-hybridized carbons (Fsp3) is 0.250. The first-order valence-electron chi connectivity index (χ1n) is 6.66. The summed E-state index contributed by atoms with van der Waals surface area (Å²) >= 11 is 5.32. The van der Waals surface area contributed by atoms with Crippen LogP contribution in [0.2, 0.25) is 0 Å². The highest BCUT2D eigenvalue weighted by molar-refractivity contribution is 9.10. The van der Waals surface area contributed by atoms with Crippen molar-refractivity contribution in [2.24, 2.45) is 0 Å². The van der Waals surface area contributed by atoms with Gasteiger partial charge in [0.25, 0.3) is 0 Å². The molecule has 2 heterocycles. The van der Waals surface area contributed by atoms with Crippen LogP contribution in [-0.4, -0.2) is 6.54 Å². The number of furan rings is 1. The number of fused-ring (bicyclic) bond motifs is 1. The lowest BCUT2D eigenvalue weighted by atomic mass is 10.1. The number of hydrogen-bond donors (Lipinski definition) is 1. The Morgan fingerprint density at radius 1 is 1.35 bits per heavy atom. The molecule has 1 aromatic carbocycles. The van der Waals surface area contributed by atoms with Crippen LogP contribution in [0, 0.1) is 6.92 Å². The fourth-order valence-corrected chi connectivity index (χ4v) is 3.66. The Hall–Kier alpha value is -1.10. The smallest absolute Gasteiger partial charge is 0.148 e. The number of aryl methyl sites for hydroxylation is 1. The van der Waals surface area contributed by atoms with Crippen molar-refractivity contribution in [1.82, 2.24) is 5.32 Å². The molecule has 0 bridgehead atoms. The van der Waals surface area contributed by atoms with Gasteiger partial charge in [-0.25, -0.2) is 0 Å². The minimum Gasteiger partial charge on any atom is -0.458 e. The number of hydrogen-bond acceptors (Lipinski definition) is 3. The van der Waals surface area contributed by atoms with E-state index in [-0.39, 0.29) is 6.04 Å². The summed E-state index contributed by atoms with van der Waals surface area (Å²) in [7, 11) is 0. The molecule has 2 nitrogen and oxygen atoms in total. The summed E-state index contributed by atoms with van der Waals surface area (Å²) in [4.78, 5) is 1.33. The minimum atomic E-state index is 0.116. The van der Waals surface area contributed by atoms with Gasteiger partial charge in [-0.2, -0.15) is 0 Å². The second-order valence-corrected chi connectivity index (χ2v) is 6.70. The first-order chi connectivity index (χ1) is 9.70. The number of rotatable bonds is 4. The van der Waals surface area contributed by atoms with Gasteiger partial charge in [0.1, 0.15) is 11.3 Å². The third-order valence-corrected chi connectivity index (χ3v) is 4.90. The van der Waals surface area contributed by atoms with Crippen LogP contribution < -0.4 is 5.32 Å². The van der Waals surface area contributed by atoms with Crippen molar-refractivity contribution in [1.29, 1.82) is 0 Å². The van der Waals surface area contributed by atoms with Crippen molar-refractivity contribution in [2.75, 3.05) is 6.54 Å². The quantitative estimate of drug-likeness (QED) is 0.694. The Morgan fingerprint density at radius 2 is 2.20 bits per heavy atom. The zero-order valence-electron chi connectivity index (χ0n) is 11.4. The number of benzene rings is 1. The lowest BCUT2D eigenvalue weighted by Crippen LogP contribution is -2.21. The van der Waals surface area contributed by atoms with E-state index in [0.717, 1.165) is 27.7 Å². The van der Waals surface area contributed by atoms with Gasteiger partial charge < -0.3 is 9.73 Å². The Morgan fingerprint density at radius 3 is 2.85 bits per heavy atom. The van der Waals surface area contributed by atoms with E-state index in [4.69, 9.17) is 4.42 Å². The molecule has 1 atom stereocenters. The van der Waals surface area contributed by atoms with Crippen molar-refractivity contribution in [3.8, 4) is 0 Å². The molecular formula is C16H16BrNOS. The van der Waals surface area contributed by atoms with E-state index in [1.807, 2.05) is 12.1 Å². The van der Waals surface area contributed by atoms with Crippen LogP contribution in [0.25, 0.3) is 11.0 Å². The van der Waals surface area contributed by atoms with Gasteiger partial charge >= 0.3 is 0 Å². The standard InChI is InChI=1S/C16H16BrNOS/c1-3-18-15(12-7-8-20-10(12)2)14-9-11-5-4-6-13(17)16(11)19-14/h4-9,15,18H,3H2,1-2H3. The second kappa shape index (κ2) is 5.72. The van der Waals surface area contributed by atoms with Gasteiger partial charge in [0.15, 0.2) is 0 Å². The average Bonchev–Trinajstić information content (AvgIpc) is 3.03. The van der Waals surface area contributed by atoms with Gasteiger partial charge in [0.2, 0.25) is 0 Å². The van der Waals surface area contributed by atoms with Crippen molar-refractivity contribution in [3.63, 3.8) is 0 Å². The maximum atomic E-state index is 6.09. The van der Waals surface area contributed by atoms with Crippen molar-refractivity contribution < 1.29 is 4.42 Å². The van der Waals surface area contributed by atoms with Gasteiger partial charge in [-0.1, -0.05) is 19.1 Å². The molecule has 104 valence electrons. The molecule has 2 aromatic heterocycles. The number of para-hydroxylation sites is 1. The predicted molar refractivity (Wildman–Crippen MR) is 88.5 cm³/mol. The largest absolute Gasteiger partial charge is 0.458 e. The molecule has 0 aliphatic carbocycles. The first-order valence-corrected chi connectivity index (χ1v) is 8.33. The molecule has 0 saturated carbocycles. The maximum Gasteiger partial charge on any atom is 0.148 e. The minimum absolute atomic E-state index is 0.116. The topological polar surface area (TPSA) is 25.2 Å². The summed E-state index contributed by atoms with van der Waals surface area (Å²) in [5, 5.41) is 6.78. The van der Waals surface area contributed by atoms with E-state index in [0.29, 0.717) is 0 Å². The third-order valence-electron chi connectivity index (χ3n) is 3.42. The lowest BCUT2D eigenvalue weighted by Gasteiger charge is -2.15. The van der Waals surface area contributed by atoms with Crippen LogP contribution in [0.3, 0.4) is 0 Å². The molecule has 0 aliphatic rings. The van der Waals surface area contributed by atoms with Crippen LogP contribution in [0.5, 0.6) is 0 Å². The summed E-state index contributed by atoms with van der Waals surface area (Å²) < 4.78 is 7.09. The summed E-state index contributed by atoms with van der Waals surface area (Å²) in [5.41, 5.74) is 2.21. The van der Waals surface area contributed by atoms with Gasteiger partial charge in [-0.05, 0) is 58.5 Å². The molecule has 0 saturated heterocycles. The van der Waals surface area contributed by atoms with Gasteiger partial charge in [-0.3, -0.25) is 0 Å². The normalized spacial score (nSPS) is 12.9. The van der Waals surface area contributed by atoms with Crippen molar-refractivity contribution in [2.45, 2.75) is 19.9 Å². The predicted octanol–water partition coefficient (Wildman–Crippen LogP) is 5.26. The second-order valence-electron chi connectivity index (χ2n) is 4.73. The molecule has 3 aromatic rings.